The predicted octanol–water partition coefficient (Wildman–Crippen LogP) is 1.48. The molecule has 1 aromatic heterocycles. The van der Waals surface area contributed by atoms with Gasteiger partial charge in [0, 0.05) is 25.6 Å². The molecule has 0 atom stereocenters. The molecule has 1 aromatic rings. The van der Waals surface area contributed by atoms with E-state index in [-0.39, 0.29) is 24.0 Å². The zero-order chi connectivity index (χ0) is 15.4. The van der Waals surface area contributed by atoms with E-state index in [1.165, 1.54) is 0 Å². The Morgan fingerprint density at radius 1 is 1.48 bits per heavy atom. The molecule has 3 N–H and O–H groups in total. The third-order valence-corrected chi connectivity index (χ3v) is 4.76. The van der Waals surface area contributed by atoms with Gasteiger partial charge >= 0.3 is 0 Å². The molecule has 0 bridgehead atoms. The van der Waals surface area contributed by atoms with Gasteiger partial charge in [-0.1, -0.05) is 0 Å². The smallest absolute Gasteiger partial charge is 0.194 e. The van der Waals surface area contributed by atoms with Crippen molar-refractivity contribution in [3.63, 3.8) is 0 Å². The van der Waals surface area contributed by atoms with E-state index in [0.29, 0.717) is 12.5 Å². The highest BCUT2D eigenvalue weighted by molar-refractivity contribution is 14.0. The Labute approximate surface area is 154 Å². The van der Waals surface area contributed by atoms with Crippen LogP contribution in [-0.4, -0.2) is 62.9 Å². The van der Waals surface area contributed by atoms with Crippen LogP contribution in [0, 0.1) is 0 Å². The van der Waals surface area contributed by atoms with Gasteiger partial charge in [-0.3, -0.25) is 10.1 Å². The molecule has 0 amide bonds. The van der Waals surface area contributed by atoms with Gasteiger partial charge in [0.2, 0.25) is 0 Å². The number of piperidine rings is 1. The number of H-pyrrole nitrogens is 1. The van der Waals surface area contributed by atoms with Gasteiger partial charge in [-0.15, -0.1) is 24.0 Å². The molecule has 2 aliphatic rings. The Bertz CT molecular complexity index is 494. The minimum atomic E-state index is -0.557. The highest BCUT2D eigenvalue weighted by Gasteiger charge is 2.34. The second kappa shape index (κ2) is 8.27. The number of halogens is 1. The molecule has 1 saturated carbocycles. The largest absolute Gasteiger partial charge is 0.388 e. The molecule has 2 heterocycles. The molecule has 0 radical (unpaired) electrons. The van der Waals surface area contributed by atoms with Crippen LogP contribution in [0.2, 0.25) is 0 Å². The second-order valence-corrected chi connectivity index (χ2v) is 6.38. The summed E-state index contributed by atoms with van der Waals surface area (Å²) in [7, 11) is 0. The first-order valence-electron chi connectivity index (χ1n) is 8.31. The summed E-state index contributed by atoms with van der Waals surface area (Å²) < 4.78 is 0. The number of hydrogen-bond donors (Lipinski definition) is 3. The molecule has 1 saturated heterocycles. The molecular formula is C15H27IN6O. The van der Waals surface area contributed by atoms with Gasteiger partial charge in [-0.25, -0.2) is 4.98 Å². The number of aromatic amines is 1. The first kappa shape index (κ1) is 18.4. The van der Waals surface area contributed by atoms with E-state index in [2.05, 4.69) is 37.3 Å². The van der Waals surface area contributed by atoms with Crippen molar-refractivity contribution < 1.29 is 5.11 Å². The Morgan fingerprint density at radius 2 is 2.22 bits per heavy atom. The van der Waals surface area contributed by atoms with Crippen LogP contribution in [0.3, 0.4) is 0 Å². The molecule has 0 aromatic carbocycles. The summed E-state index contributed by atoms with van der Waals surface area (Å²) in [4.78, 5) is 11.2. The summed E-state index contributed by atoms with van der Waals surface area (Å²) in [6.45, 7) is 5.34. The highest BCUT2D eigenvalue weighted by Crippen LogP contribution is 2.32. The predicted molar refractivity (Wildman–Crippen MR) is 100 cm³/mol. The van der Waals surface area contributed by atoms with E-state index in [0.717, 1.165) is 63.5 Å². The first-order valence-corrected chi connectivity index (χ1v) is 8.31. The van der Waals surface area contributed by atoms with Gasteiger partial charge in [0.05, 0.1) is 12.1 Å². The zero-order valence-corrected chi connectivity index (χ0v) is 16.0. The van der Waals surface area contributed by atoms with Crippen LogP contribution < -0.4 is 5.32 Å². The number of guanidine groups is 1. The van der Waals surface area contributed by atoms with Crippen LogP contribution in [0.1, 0.15) is 50.8 Å². The summed E-state index contributed by atoms with van der Waals surface area (Å²) in [5, 5.41) is 20.5. The van der Waals surface area contributed by atoms with Crippen molar-refractivity contribution in [3.8, 4) is 0 Å². The quantitative estimate of drug-likeness (QED) is 0.380. The number of nitrogens with zero attached hydrogens (tertiary/aromatic N) is 4. The van der Waals surface area contributed by atoms with Gasteiger partial charge in [0.15, 0.2) is 5.96 Å². The van der Waals surface area contributed by atoms with Crippen LogP contribution in [-0.2, 0) is 0 Å². The topological polar surface area (TPSA) is 89.4 Å². The van der Waals surface area contributed by atoms with Crippen LogP contribution in [0.4, 0.5) is 0 Å². The minimum Gasteiger partial charge on any atom is -0.388 e. The fourth-order valence-electron chi connectivity index (χ4n) is 3.17. The molecule has 1 aliphatic carbocycles. The number of nitrogens with one attached hydrogen (secondary N) is 2. The lowest BCUT2D eigenvalue weighted by Gasteiger charge is -2.37. The second-order valence-electron chi connectivity index (χ2n) is 6.38. The van der Waals surface area contributed by atoms with Crippen molar-refractivity contribution in [1.29, 1.82) is 0 Å². The summed E-state index contributed by atoms with van der Waals surface area (Å²) in [6, 6.07) is 0. The molecule has 1 aliphatic heterocycles. The third-order valence-electron chi connectivity index (χ3n) is 4.76. The Kier molecular flexibility index (Phi) is 6.63. The average Bonchev–Trinajstić information content (AvgIpc) is 3.04. The van der Waals surface area contributed by atoms with E-state index in [4.69, 9.17) is 0 Å². The van der Waals surface area contributed by atoms with E-state index >= 15 is 0 Å². The Morgan fingerprint density at radius 3 is 2.74 bits per heavy atom. The molecule has 0 unspecified atom stereocenters. The summed E-state index contributed by atoms with van der Waals surface area (Å²) in [6.07, 6.45) is 6.54. The third kappa shape index (κ3) is 4.56. The lowest BCUT2D eigenvalue weighted by atomic mass is 9.80. The van der Waals surface area contributed by atoms with E-state index in [9.17, 15) is 5.11 Å². The lowest BCUT2D eigenvalue weighted by molar-refractivity contribution is -0.0238. The number of rotatable bonds is 4. The molecular weight excluding hydrogens is 407 g/mol. The fraction of sp³-hybridized carbons (Fsp3) is 0.800. The Hall–Kier alpha value is -0.900. The highest BCUT2D eigenvalue weighted by atomic mass is 127. The van der Waals surface area contributed by atoms with Crippen molar-refractivity contribution in [3.05, 3.63) is 12.2 Å². The Balaban J connectivity index is 0.00000192. The van der Waals surface area contributed by atoms with Crippen molar-refractivity contribution >= 4 is 29.9 Å². The number of likely N-dealkylation sites (tertiary alicyclic amines) is 1. The van der Waals surface area contributed by atoms with Crippen molar-refractivity contribution in [1.82, 2.24) is 25.4 Å². The van der Waals surface area contributed by atoms with E-state index < -0.39 is 5.60 Å². The van der Waals surface area contributed by atoms with Crippen LogP contribution in [0.15, 0.2) is 11.3 Å². The van der Waals surface area contributed by atoms with Crippen LogP contribution in [0.25, 0.3) is 0 Å². The molecule has 7 nitrogen and oxygen atoms in total. The first-order chi connectivity index (χ1) is 10.7. The van der Waals surface area contributed by atoms with Gasteiger partial charge in [0.25, 0.3) is 0 Å². The molecule has 8 heteroatoms. The van der Waals surface area contributed by atoms with Gasteiger partial charge in [0.1, 0.15) is 12.2 Å². The molecule has 2 fully saturated rings. The normalized spacial score (nSPS) is 21.5. The summed E-state index contributed by atoms with van der Waals surface area (Å²) in [5.74, 6) is 2.38. The van der Waals surface area contributed by atoms with Crippen LogP contribution >= 0.6 is 24.0 Å². The maximum Gasteiger partial charge on any atom is 0.194 e. The number of hydrogen-bond acceptors (Lipinski definition) is 4. The molecule has 23 heavy (non-hydrogen) atoms. The van der Waals surface area contributed by atoms with Gasteiger partial charge in [-0.2, -0.15) is 5.10 Å². The standard InChI is InChI=1S/C15H26N6O.HI/c1-2-16-14(17-10-15(22)6-3-7-15)21-8-4-12(5-9-21)13-18-11-19-20-13;/h11-12,22H,2-10H2,1H3,(H,16,17)(H,18,19,20);1H. The maximum atomic E-state index is 10.2. The van der Waals surface area contributed by atoms with Crippen molar-refractivity contribution in [2.75, 3.05) is 26.2 Å². The number of aliphatic imine (C=N–C) groups is 1. The fourth-order valence-corrected chi connectivity index (χ4v) is 3.17. The summed E-state index contributed by atoms with van der Waals surface area (Å²) >= 11 is 0. The number of aliphatic hydroxyl groups is 1. The van der Waals surface area contributed by atoms with Crippen molar-refractivity contribution in [2.24, 2.45) is 4.99 Å². The molecule has 0 spiro atoms. The SMILES string of the molecule is CCNC(=NCC1(O)CCC1)N1CCC(c2ncn[nH]2)CC1.I. The molecule has 130 valence electrons. The minimum absolute atomic E-state index is 0. The van der Waals surface area contributed by atoms with Crippen LogP contribution in [0.5, 0.6) is 0 Å². The zero-order valence-electron chi connectivity index (χ0n) is 13.7. The number of aromatic nitrogens is 3. The monoisotopic (exact) mass is 434 g/mol. The molecule has 3 rings (SSSR count). The van der Waals surface area contributed by atoms with Gasteiger partial charge < -0.3 is 15.3 Å². The maximum absolute atomic E-state index is 10.2. The van der Waals surface area contributed by atoms with E-state index in [1.54, 1.807) is 6.33 Å². The lowest BCUT2D eigenvalue weighted by Crippen LogP contribution is -2.47. The van der Waals surface area contributed by atoms with Crippen molar-refractivity contribution in [2.45, 2.75) is 50.5 Å². The van der Waals surface area contributed by atoms with Gasteiger partial charge in [-0.05, 0) is 39.0 Å². The van der Waals surface area contributed by atoms with E-state index in [1.807, 2.05) is 0 Å². The summed E-state index contributed by atoms with van der Waals surface area (Å²) in [5.41, 5.74) is -0.557. The average molecular weight is 434 g/mol.